The molecular formula is C16H20N2O. The van der Waals surface area contributed by atoms with Crippen molar-refractivity contribution >= 4 is 11.6 Å². The predicted molar refractivity (Wildman–Crippen MR) is 75.6 cm³/mol. The van der Waals surface area contributed by atoms with Crippen LogP contribution in [0.3, 0.4) is 0 Å². The minimum atomic E-state index is 0.0941. The van der Waals surface area contributed by atoms with Crippen LogP contribution < -0.4 is 5.32 Å². The van der Waals surface area contributed by atoms with E-state index in [1.807, 2.05) is 0 Å². The average molecular weight is 256 g/mol. The van der Waals surface area contributed by atoms with Crippen molar-refractivity contribution in [3.05, 3.63) is 29.8 Å². The highest BCUT2D eigenvalue weighted by Crippen LogP contribution is 2.25. The van der Waals surface area contributed by atoms with E-state index in [4.69, 9.17) is 5.26 Å². The summed E-state index contributed by atoms with van der Waals surface area (Å²) in [4.78, 5) is 12.0. The second-order valence-corrected chi connectivity index (χ2v) is 5.30. The fraction of sp³-hybridized carbons (Fsp3) is 0.500. The second-order valence-electron chi connectivity index (χ2n) is 5.30. The van der Waals surface area contributed by atoms with Crippen molar-refractivity contribution in [2.45, 2.75) is 44.9 Å². The number of hydrogen-bond acceptors (Lipinski definition) is 2. The molecule has 1 aromatic carbocycles. The molecule has 0 aliphatic heterocycles. The second kappa shape index (κ2) is 6.94. The lowest BCUT2D eigenvalue weighted by Crippen LogP contribution is -2.16. The van der Waals surface area contributed by atoms with Gasteiger partial charge in [-0.05, 0) is 43.0 Å². The third-order valence-corrected chi connectivity index (χ3v) is 3.75. The Labute approximate surface area is 114 Å². The minimum absolute atomic E-state index is 0.0941. The van der Waals surface area contributed by atoms with Crippen LogP contribution >= 0.6 is 0 Å². The van der Waals surface area contributed by atoms with E-state index >= 15 is 0 Å². The lowest BCUT2D eigenvalue weighted by atomic mass is 9.96. The van der Waals surface area contributed by atoms with E-state index in [1.165, 1.54) is 38.5 Å². The fourth-order valence-corrected chi connectivity index (χ4v) is 2.67. The summed E-state index contributed by atoms with van der Waals surface area (Å²) in [5.74, 6) is 0.637. The Morgan fingerprint density at radius 1 is 1.16 bits per heavy atom. The highest BCUT2D eigenvalue weighted by molar-refractivity contribution is 5.90. The molecule has 0 radical (unpaired) electrons. The molecule has 0 unspecified atom stereocenters. The van der Waals surface area contributed by atoms with Crippen molar-refractivity contribution < 1.29 is 4.79 Å². The molecule has 1 aromatic rings. The van der Waals surface area contributed by atoms with Crippen molar-refractivity contribution in [2.75, 3.05) is 5.32 Å². The molecule has 0 aromatic heterocycles. The van der Waals surface area contributed by atoms with Crippen molar-refractivity contribution in [3.63, 3.8) is 0 Å². The molecule has 3 heteroatoms. The third kappa shape index (κ3) is 4.40. The predicted octanol–water partition coefficient (Wildman–Crippen LogP) is 3.86. The monoisotopic (exact) mass is 256 g/mol. The maximum Gasteiger partial charge on any atom is 0.224 e. The summed E-state index contributed by atoms with van der Waals surface area (Å²) < 4.78 is 0. The first-order valence-corrected chi connectivity index (χ1v) is 7.08. The van der Waals surface area contributed by atoms with Gasteiger partial charge in [-0.15, -0.1) is 0 Å². The molecule has 3 nitrogen and oxygen atoms in total. The number of nitrogens with one attached hydrogen (secondary N) is 1. The number of benzene rings is 1. The van der Waals surface area contributed by atoms with Crippen LogP contribution in [-0.4, -0.2) is 5.91 Å². The largest absolute Gasteiger partial charge is 0.326 e. The first-order chi connectivity index (χ1) is 9.28. The first kappa shape index (κ1) is 13.6. The molecule has 0 saturated heterocycles. The van der Waals surface area contributed by atoms with E-state index < -0.39 is 0 Å². The van der Waals surface area contributed by atoms with Gasteiger partial charge in [0, 0.05) is 12.1 Å². The summed E-state index contributed by atoms with van der Waals surface area (Å²) in [5.41, 5.74) is 1.39. The molecule has 1 aliphatic carbocycles. The Morgan fingerprint density at radius 2 is 1.79 bits per heavy atom. The van der Waals surface area contributed by atoms with Crippen LogP contribution in [0, 0.1) is 17.2 Å². The van der Waals surface area contributed by atoms with Gasteiger partial charge in [-0.25, -0.2) is 0 Å². The third-order valence-electron chi connectivity index (χ3n) is 3.75. The number of hydrogen-bond donors (Lipinski definition) is 1. The Morgan fingerprint density at radius 3 is 2.37 bits per heavy atom. The molecule has 0 heterocycles. The lowest BCUT2D eigenvalue weighted by Gasteiger charge is -2.13. The van der Waals surface area contributed by atoms with Crippen molar-refractivity contribution in [1.29, 1.82) is 5.26 Å². The zero-order valence-corrected chi connectivity index (χ0v) is 11.2. The molecule has 0 spiro atoms. The molecule has 1 fully saturated rings. The standard InChI is InChI=1S/C16H20N2O/c17-12-14-7-9-15(10-8-14)18-16(19)11-13-5-3-1-2-4-6-13/h7-10,13H,1-6,11H2,(H,18,19). The normalized spacial score (nSPS) is 16.4. The van der Waals surface area contributed by atoms with Crippen LogP contribution in [0.2, 0.25) is 0 Å². The first-order valence-electron chi connectivity index (χ1n) is 7.08. The average Bonchev–Trinajstić information content (AvgIpc) is 2.68. The van der Waals surface area contributed by atoms with Gasteiger partial charge in [-0.1, -0.05) is 25.7 Å². The number of nitrogens with zero attached hydrogens (tertiary/aromatic N) is 1. The van der Waals surface area contributed by atoms with Gasteiger partial charge >= 0.3 is 0 Å². The van der Waals surface area contributed by atoms with Crippen molar-refractivity contribution in [3.8, 4) is 6.07 Å². The molecule has 1 saturated carbocycles. The number of carbonyl (C=O) groups is 1. The van der Waals surface area contributed by atoms with Gasteiger partial charge in [0.05, 0.1) is 11.6 Å². The molecule has 1 amide bonds. The SMILES string of the molecule is N#Cc1ccc(NC(=O)CC2CCCCCC2)cc1. The maximum atomic E-state index is 12.0. The zero-order chi connectivity index (χ0) is 13.5. The van der Waals surface area contributed by atoms with Gasteiger partial charge in [0.15, 0.2) is 0 Å². The van der Waals surface area contributed by atoms with E-state index in [0.29, 0.717) is 17.9 Å². The fourth-order valence-electron chi connectivity index (χ4n) is 2.67. The van der Waals surface area contributed by atoms with E-state index in [-0.39, 0.29) is 5.91 Å². The number of nitriles is 1. The number of rotatable bonds is 3. The van der Waals surface area contributed by atoms with Gasteiger partial charge < -0.3 is 5.32 Å². The molecule has 0 bridgehead atoms. The molecule has 1 aliphatic rings. The van der Waals surface area contributed by atoms with E-state index in [2.05, 4.69) is 11.4 Å². The zero-order valence-electron chi connectivity index (χ0n) is 11.2. The van der Waals surface area contributed by atoms with Gasteiger partial charge in [0.25, 0.3) is 0 Å². The van der Waals surface area contributed by atoms with E-state index in [9.17, 15) is 4.79 Å². The van der Waals surface area contributed by atoms with Crippen LogP contribution in [0.5, 0.6) is 0 Å². The molecule has 19 heavy (non-hydrogen) atoms. The van der Waals surface area contributed by atoms with Gasteiger partial charge in [0.1, 0.15) is 0 Å². The van der Waals surface area contributed by atoms with Crippen LogP contribution in [0.25, 0.3) is 0 Å². The Bertz CT molecular complexity index is 451. The Kier molecular flexibility index (Phi) is 4.97. The van der Waals surface area contributed by atoms with Crippen LogP contribution in [-0.2, 0) is 4.79 Å². The van der Waals surface area contributed by atoms with Crippen LogP contribution in [0.4, 0.5) is 5.69 Å². The van der Waals surface area contributed by atoms with Gasteiger partial charge in [0.2, 0.25) is 5.91 Å². The maximum absolute atomic E-state index is 12.0. The topological polar surface area (TPSA) is 52.9 Å². The molecule has 100 valence electrons. The highest BCUT2D eigenvalue weighted by atomic mass is 16.1. The molecule has 1 N–H and O–H groups in total. The molecular weight excluding hydrogens is 236 g/mol. The lowest BCUT2D eigenvalue weighted by molar-refractivity contribution is -0.117. The van der Waals surface area contributed by atoms with Gasteiger partial charge in [-0.2, -0.15) is 5.26 Å². The van der Waals surface area contributed by atoms with E-state index in [1.54, 1.807) is 24.3 Å². The van der Waals surface area contributed by atoms with Crippen LogP contribution in [0.1, 0.15) is 50.5 Å². The quantitative estimate of drug-likeness (QED) is 0.835. The summed E-state index contributed by atoms with van der Waals surface area (Å²) in [7, 11) is 0. The smallest absolute Gasteiger partial charge is 0.224 e. The Hall–Kier alpha value is -1.82. The Balaban J connectivity index is 1.84. The summed E-state index contributed by atoms with van der Waals surface area (Å²) in [5, 5.41) is 11.6. The highest BCUT2D eigenvalue weighted by Gasteiger charge is 2.16. The minimum Gasteiger partial charge on any atom is -0.326 e. The van der Waals surface area contributed by atoms with Crippen molar-refractivity contribution in [2.24, 2.45) is 5.92 Å². The number of carbonyl (C=O) groups excluding carboxylic acids is 1. The molecule has 0 atom stereocenters. The number of amides is 1. The summed E-state index contributed by atoms with van der Waals surface area (Å²) in [6, 6.07) is 9.08. The van der Waals surface area contributed by atoms with Crippen LogP contribution in [0.15, 0.2) is 24.3 Å². The number of anilines is 1. The van der Waals surface area contributed by atoms with Crippen molar-refractivity contribution in [1.82, 2.24) is 0 Å². The molecule has 2 rings (SSSR count). The summed E-state index contributed by atoms with van der Waals surface area (Å²) >= 11 is 0. The van der Waals surface area contributed by atoms with Gasteiger partial charge in [-0.3, -0.25) is 4.79 Å². The summed E-state index contributed by atoms with van der Waals surface area (Å²) in [6.45, 7) is 0. The van der Waals surface area contributed by atoms with E-state index in [0.717, 1.165) is 5.69 Å². The summed E-state index contributed by atoms with van der Waals surface area (Å²) in [6.07, 6.45) is 8.13.